The van der Waals surface area contributed by atoms with Crippen LogP contribution < -0.4 is 15.4 Å². The van der Waals surface area contributed by atoms with Crippen LogP contribution in [0.2, 0.25) is 0 Å². The van der Waals surface area contributed by atoms with Crippen LogP contribution in [0, 0.1) is 5.82 Å². The topological polar surface area (TPSA) is 45.7 Å². The Kier molecular flexibility index (Phi) is 8.62. The van der Waals surface area contributed by atoms with Crippen LogP contribution in [0.3, 0.4) is 0 Å². The second-order valence-corrected chi connectivity index (χ2v) is 5.06. The molecule has 0 saturated heterocycles. The second-order valence-electron chi connectivity index (χ2n) is 4.07. The fourth-order valence-electron chi connectivity index (χ4n) is 1.49. The number of aliphatic imine (C=N–C) groups is 1. The Morgan fingerprint density at radius 2 is 1.95 bits per heavy atom. The van der Waals surface area contributed by atoms with Gasteiger partial charge >= 0.3 is 0 Å². The van der Waals surface area contributed by atoms with E-state index in [0.717, 1.165) is 31.2 Å². The summed E-state index contributed by atoms with van der Waals surface area (Å²) in [7, 11) is 1.75. The molecular weight excluding hydrogens is 277 g/mol. The van der Waals surface area contributed by atoms with Gasteiger partial charge in [-0.1, -0.05) is 0 Å². The Morgan fingerprint density at radius 3 is 2.60 bits per heavy atom. The minimum atomic E-state index is -0.251. The van der Waals surface area contributed by atoms with Gasteiger partial charge < -0.3 is 15.4 Å². The first-order valence-corrected chi connectivity index (χ1v) is 7.97. The zero-order chi connectivity index (χ0) is 14.6. The van der Waals surface area contributed by atoms with Gasteiger partial charge in [0.15, 0.2) is 5.96 Å². The number of thioether (sulfide) groups is 1. The molecule has 1 rings (SSSR count). The van der Waals surface area contributed by atoms with Crippen molar-refractivity contribution in [2.75, 3.05) is 38.8 Å². The molecule has 0 radical (unpaired) electrons. The van der Waals surface area contributed by atoms with Gasteiger partial charge in [0.05, 0.1) is 6.61 Å². The Hall–Kier alpha value is -1.43. The molecule has 4 nitrogen and oxygen atoms in total. The van der Waals surface area contributed by atoms with Crippen LogP contribution in [0.4, 0.5) is 4.39 Å². The summed E-state index contributed by atoms with van der Waals surface area (Å²) in [4.78, 5) is 4.13. The normalized spacial score (nSPS) is 11.2. The van der Waals surface area contributed by atoms with E-state index >= 15 is 0 Å². The molecule has 0 atom stereocenters. The zero-order valence-corrected chi connectivity index (χ0v) is 12.8. The van der Waals surface area contributed by atoms with E-state index in [1.165, 1.54) is 12.1 Å². The van der Waals surface area contributed by atoms with Crippen LogP contribution in [0.25, 0.3) is 0 Å². The molecule has 20 heavy (non-hydrogen) atoms. The van der Waals surface area contributed by atoms with Gasteiger partial charge in [-0.15, -0.1) is 0 Å². The van der Waals surface area contributed by atoms with Crippen molar-refractivity contribution < 1.29 is 9.13 Å². The lowest BCUT2D eigenvalue weighted by Gasteiger charge is -2.11. The summed E-state index contributed by atoms with van der Waals surface area (Å²) in [6, 6.07) is 6.05. The van der Waals surface area contributed by atoms with Crippen molar-refractivity contribution in [1.29, 1.82) is 0 Å². The highest BCUT2D eigenvalue weighted by Crippen LogP contribution is 2.10. The van der Waals surface area contributed by atoms with Crippen molar-refractivity contribution in [2.45, 2.75) is 6.42 Å². The van der Waals surface area contributed by atoms with Gasteiger partial charge in [0, 0.05) is 25.9 Å². The summed E-state index contributed by atoms with van der Waals surface area (Å²) in [5.74, 6) is 2.29. The lowest BCUT2D eigenvalue weighted by molar-refractivity contribution is 0.310. The fourth-order valence-corrected chi connectivity index (χ4v) is 1.80. The highest BCUT2D eigenvalue weighted by Gasteiger charge is 1.97. The van der Waals surface area contributed by atoms with E-state index in [-0.39, 0.29) is 5.82 Å². The number of benzene rings is 1. The molecule has 0 aliphatic heterocycles. The summed E-state index contributed by atoms with van der Waals surface area (Å²) in [5.41, 5.74) is 0. The Balaban J connectivity index is 2.10. The number of guanidine groups is 1. The van der Waals surface area contributed by atoms with Crippen LogP contribution in [-0.4, -0.2) is 44.7 Å². The SMILES string of the molecule is CN=C(NCCCOc1ccc(F)cc1)NCCSC. The van der Waals surface area contributed by atoms with Crippen molar-refractivity contribution in [3.8, 4) is 5.75 Å². The lowest BCUT2D eigenvalue weighted by atomic mass is 10.3. The van der Waals surface area contributed by atoms with E-state index in [2.05, 4.69) is 21.9 Å². The summed E-state index contributed by atoms with van der Waals surface area (Å²) in [5, 5.41) is 6.43. The molecule has 0 aliphatic rings. The number of nitrogens with one attached hydrogen (secondary N) is 2. The lowest BCUT2D eigenvalue weighted by Crippen LogP contribution is -2.39. The number of ether oxygens (including phenoxy) is 1. The van der Waals surface area contributed by atoms with E-state index in [1.54, 1.807) is 30.9 Å². The van der Waals surface area contributed by atoms with Gasteiger partial charge in [-0.05, 0) is 36.9 Å². The third-order valence-corrected chi connectivity index (χ3v) is 3.13. The fraction of sp³-hybridized carbons (Fsp3) is 0.500. The van der Waals surface area contributed by atoms with Gasteiger partial charge in [-0.2, -0.15) is 11.8 Å². The Bertz CT molecular complexity index is 398. The number of rotatable bonds is 8. The standard InChI is InChI=1S/C14H22FN3OS/c1-16-14(18-9-11-20-2)17-8-3-10-19-13-6-4-12(15)5-7-13/h4-7H,3,8-11H2,1-2H3,(H2,16,17,18). The highest BCUT2D eigenvalue weighted by molar-refractivity contribution is 7.98. The maximum atomic E-state index is 12.7. The molecule has 2 N–H and O–H groups in total. The zero-order valence-electron chi connectivity index (χ0n) is 12.0. The molecule has 0 fully saturated rings. The average Bonchev–Trinajstić information content (AvgIpc) is 2.47. The number of halogens is 1. The van der Waals surface area contributed by atoms with Crippen molar-refractivity contribution in [1.82, 2.24) is 10.6 Å². The van der Waals surface area contributed by atoms with Gasteiger partial charge in [-0.25, -0.2) is 4.39 Å². The van der Waals surface area contributed by atoms with E-state index in [1.807, 2.05) is 0 Å². The van der Waals surface area contributed by atoms with Gasteiger partial charge in [0.25, 0.3) is 0 Å². The number of hydrogen-bond acceptors (Lipinski definition) is 3. The van der Waals surface area contributed by atoms with E-state index < -0.39 is 0 Å². The summed E-state index contributed by atoms with van der Waals surface area (Å²) < 4.78 is 18.2. The predicted molar refractivity (Wildman–Crippen MR) is 84.3 cm³/mol. The highest BCUT2D eigenvalue weighted by atomic mass is 32.2. The summed E-state index contributed by atoms with van der Waals surface area (Å²) in [6.07, 6.45) is 2.92. The largest absolute Gasteiger partial charge is 0.494 e. The second kappa shape index (κ2) is 10.4. The van der Waals surface area contributed by atoms with Crippen molar-refractivity contribution in [3.63, 3.8) is 0 Å². The average molecular weight is 299 g/mol. The third kappa shape index (κ3) is 7.23. The van der Waals surface area contributed by atoms with Crippen molar-refractivity contribution in [3.05, 3.63) is 30.1 Å². The third-order valence-electron chi connectivity index (χ3n) is 2.52. The minimum Gasteiger partial charge on any atom is -0.494 e. The van der Waals surface area contributed by atoms with Gasteiger partial charge in [-0.3, -0.25) is 4.99 Å². The molecule has 0 saturated carbocycles. The van der Waals surface area contributed by atoms with Crippen LogP contribution >= 0.6 is 11.8 Å². The summed E-state index contributed by atoms with van der Waals surface area (Å²) in [6.45, 7) is 2.26. The molecule has 1 aromatic rings. The van der Waals surface area contributed by atoms with Crippen molar-refractivity contribution >= 4 is 17.7 Å². The van der Waals surface area contributed by atoms with Gasteiger partial charge in [0.2, 0.25) is 0 Å². The monoisotopic (exact) mass is 299 g/mol. The van der Waals surface area contributed by atoms with Crippen LogP contribution in [0.1, 0.15) is 6.42 Å². The maximum absolute atomic E-state index is 12.7. The Morgan fingerprint density at radius 1 is 1.25 bits per heavy atom. The molecule has 0 heterocycles. The predicted octanol–water partition coefficient (Wildman–Crippen LogP) is 2.12. The molecule has 0 amide bonds. The van der Waals surface area contributed by atoms with Gasteiger partial charge in [0.1, 0.15) is 11.6 Å². The molecule has 0 bridgehead atoms. The van der Waals surface area contributed by atoms with Crippen LogP contribution in [-0.2, 0) is 0 Å². The molecule has 6 heteroatoms. The molecule has 0 aliphatic carbocycles. The van der Waals surface area contributed by atoms with Crippen molar-refractivity contribution in [2.24, 2.45) is 4.99 Å². The van der Waals surface area contributed by atoms with E-state index in [9.17, 15) is 4.39 Å². The number of hydrogen-bond donors (Lipinski definition) is 2. The maximum Gasteiger partial charge on any atom is 0.191 e. The first kappa shape index (κ1) is 16.6. The first-order valence-electron chi connectivity index (χ1n) is 6.58. The quantitative estimate of drug-likeness (QED) is 0.438. The molecule has 112 valence electrons. The van der Waals surface area contributed by atoms with E-state index in [4.69, 9.17) is 4.74 Å². The van der Waals surface area contributed by atoms with E-state index in [0.29, 0.717) is 12.4 Å². The minimum absolute atomic E-state index is 0.251. The molecule has 0 spiro atoms. The molecule has 1 aromatic carbocycles. The Labute approximate surface area is 124 Å². The summed E-state index contributed by atoms with van der Waals surface area (Å²) >= 11 is 1.79. The first-order chi connectivity index (χ1) is 9.76. The van der Waals surface area contributed by atoms with Crippen LogP contribution in [0.15, 0.2) is 29.3 Å². The molecule has 0 unspecified atom stereocenters. The number of nitrogens with zero attached hydrogens (tertiary/aromatic N) is 1. The molecular formula is C14H22FN3OS. The smallest absolute Gasteiger partial charge is 0.191 e. The van der Waals surface area contributed by atoms with Crippen LogP contribution in [0.5, 0.6) is 5.75 Å². The molecule has 0 aromatic heterocycles.